The van der Waals surface area contributed by atoms with Crippen molar-refractivity contribution in [3.05, 3.63) is 21.2 Å². The largest absolute Gasteiger partial charge is 0.355 e. The van der Waals surface area contributed by atoms with Gasteiger partial charge in [0.1, 0.15) is 10.3 Å². The number of halogens is 1. The second-order valence-corrected chi connectivity index (χ2v) is 4.50. The Labute approximate surface area is 95.8 Å². The number of nitrogens with zero attached hydrogens (tertiary/aromatic N) is 2. The van der Waals surface area contributed by atoms with Crippen LogP contribution in [0, 0.1) is 5.92 Å². The van der Waals surface area contributed by atoms with E-state index in [1.165, 1.54) is 6.33 Å². The van der Waals surface area contributed by atoms with Crippen LogP contribution in [0.4, 0.5) is 5.82 Å². The molecule has 5 nitrogen and oxygen atoms in total. The summed E-state index contributed by atoms with van der Waals surface area (Å²) in [7, 11) is 0. The van der Waals surface area contributed by atoms with E-state index in [4.69, 9.17) is 5.73 Å². The molecule has 6 heteroatoms. The normalized spacial score (nSPS) is 20.9. The molecule has 0 radical (unpaired) electrons. The second kappa shape index (κ2) is 4.32. The Balaban J connectivity index is 2.24. The topological polar surface area (TPSA) is 75.0 Å². The van der Waals surface area contributed by atoms with E-state index in [0.717, 1.165) is 25.3 Å². The maximum Gasteiger partial charge on any atom is 0.267 e. The maximum atomic E-state index is 11.4. The van der Waals surface area contributed by atoms with Gasteiger partial charge in [0.25, 0.3) is 5.56 Å². The van der Waals surface area contributed by atoms with Crippen LogP contribution in [0.2, 0.25) is 0 Å². The molecule has 2 rings (SSSR count). The highest BCUT2D eigenvalue weighted by atomic mass is 79.9. The molecule has 1 saturated heterocycles. The molecule has 1 aliphatic heterocycles. The number of aromatic nitrogens is 2. The van der Waals surface area contributed by atoms with Crippen LogP contribution in [0.1, 0.15) is 6.42 Å². The van der Waals surface area contributed by atoms with Gasteiger partial charge >= 0.3 is 0 Å². The molecule has 3 N–H and O–H groups in total. The van der Waals surface area contributed by atoms with Gasteiger partial charge in [0.15, 0.2) is 0 Å². The van der Waals surface area contributed by atoms with Crippen molar-refractivity contribution in [2.24, 2.45) is 11.7 Å². The minimum Gasteiger partial charge on any atom is -0.355 e. The third kappa shape index (κ3) is 2.05. The zero-order valence-corrected chi connectivity index (χ0v) is 9.83. The Morgan fingerprint density at radius 2 is 2.53 bits per heavy atom. The standard InChI is InChI=1S/C9H13BrN4O/c10-7-8(12-5-13-9(7)15)14-2-1-6(3-11)4-14/h5-6H,1-4,11H2,(H,12,13,15). The number of rotatable bonds is 2. The summed E-state index contributed by atoms with van der Waals surface area (Å²) < 4.78 is 0.502. The molecule has 1 aliphatic rings. The van der Waals surface area contributed by atoms with Crippen LogP contribution in [0.25, 0.3) is 0 Å². The molecule has 82 valence electrons. The number of hydrogen-bond acceptors (Lipinski definition) is 4. The summed E-state index contributed by atoms with van der Waals surface area (Å²) in [6.07, 6.45) is 2.50. The zero-order valence-electron chi connectivity index (χ0n) is 8.24. The van der Waals surface area contributed by atoms with Crippen molar-refractivity contribution >= 4 is 21.7 Å². The predicted molar refractivity (Wildman–Crippen MR) is 61.9 cm³/mol. The molecule has 0 aliphatic carbocycles. The summed E-state index contributed by atoms with van der Waals surface area (Å²) in [6.45, 7) is 2.49. The first-order valence-corrected chi connectivity index (χ1v) is 5.70. The quantitative estimate of drug-likeness (QED) is 0.813. The van der Waals surface area contributed by atoms with E-state index in [1.54, 1.807) is 0 Å². The molecule has 1 fully saturated rings. The van der Waals surface area contributed by atoms with Gasteiger partial charge in [0, 0.05) is 13.1 Å². The van der Waals surface area contributed by atoms with E-state index < -0.39 is 0 Å². The zero-order chi connectivity index (χ0) is 10.8. The monoisotopic (exact) mass is 272 g/mol. The van der Waals surface area contributed by atoms with Crippen LogP contribution in [0.3, 0.4) is 0 Å². The van der Waals surface area contributed by atoms with E-state index in [-0.39, 0.29) is 5.56 Å². The van der Waals surface area contributed by atoms with Crippen molar-refractivity contribution in [3.63, 3.8) is 0 Å². The van der Waals surface area contributed by atoms with Crippen molar-refractivity contribution in [1.29, 1.82) is 0 Å². The molecule has 0 spiro atoms. The van der Waals surface area contributed by atoms with Gasteiger partial charge in [-0.3, -0.25) is 4.79 Å². The number of nitrogens with two attached hydrogens (primary N) is 1. The summed E-state index contributed by atoms with van der Waals surface area (Å²) in [6, 6.07) is 0. The third-order valence-electron chi connectivity index (χ3n) is 2.70. The Bertz CT molecular complexity index is 405. The Kier molecular flexibility index (Phi) is 3.06. The van der Waals surface area contributed by atoms with Crippen molar-refractivity contribution < 1.29 is 0 Å². The molecule has 1 aromatic rings. The summed E-state index contributed by atoms with van der Waals surface area (Å²) in [5.74, 6) is 1.23. The maximum absolute atomic E-state index is 11.4. The number of hydrogen-bond donors (Lipinski definition) is 2. The molecule has 15 heavy (non-hydrogen) atoms. The number of H-pyrrole nitrogens is 1. The predicted octanol–water partition coefficient (Wildman–Crippen LogP) is 0.317. The Morgan fingerprint density at radius 1 is 1.73 bits per heavy atom. The van der Waals surface area contributed by atoms with Gasteiger partial charge in [-0.1, -0.05) is 0 Å². The van der Waals surface area contributed by atoms with Crippen molar-refractivity contribution in [2.75, 3.05) is 24.5 Å². The SMILES string of the molecule is NCC1CCN(c2nc[nH]c(=O)c2Br)C1. The average molecular weight is 273 g/mol. The van der Waals surface area contributed by atoms with Gasteiger partial charge in [0.2, 0.25) is 0 Å². The van der Waals surface area contributed by atoms with Gasteiger partial charge in [-0.05, 0) is 34.8 Å². The highest BCUT2D eigenvalue weighted by Crippen LogP contribution is 2.25. The molecule has 1 unspecified atom stereocenters. The van der Waals surface area contributed by atoms with Gasteiger partial charge in [-0.15, -0.1) is 0 Å². The van der Waals surface area contributed by atoms with E-state index in [2.05, 4.69) is 30.8 Å². The molecule has 0 bridgehead atoms. The highest BCUT2D eigenvalue weighted by molar-refractivity contribution is 9.10. The number of aromatic amines is 1. The fourth-order valence-corrected chi connectivity index (χ4v) is 2.28. The van der Waals surface area contributed by atoms with Crippen LogP contribution in [-0.2, 0) is 0 Å². The molecule has 0 saturated carbocycles. The fourth-order valence-electron chi connectivity index (χ4n) is 1.81. The minimum atomic E-state index is -0.142. The van der Waals surface area contributed by atoms with Gasteiger partial charge < -0.3 is 15.6 Å². The Hall–Kier alpha value is -0.880. The lowest BCUT2D eigenvalue weighted by atomic mass is 10.1. The minimum absolute atomic E-state index is 0.142. The van der Waals surface area contributed by atoms with Crippen molar-refractivity contribution in [2.45, 2.75) is 6.42 Å². The highest BCUT2D eigenvalue weighted by Gasteiger charge is 2.24. The number of anilines is 1. The fraction of sp³-hybridized carbons (Fsp3) is 0.556. The lowest BCUT2D eigenvalue weighted by Gasteiger charge is -2.17. The first kappa shape index (κ1) is 10.6. The first-order chi connectivity index (χ1) is 7.22. The van der Waals surface area contributed by atoms with Crippen molar-refractivity contribution in [1.82, 2.24) is 9.97 Å². The van der Waals surface area contributed by atoms with Gasteiger partial charge in [-0.2, -0.15) is 0 Å². The van der Waals surface area contributed by atoms with E-state index in [0.29, 0.717) is 16.9 Å². The molecule has 0 amide bonds. The molecule has 1 atom stereocenters. The van der Waals surface area contributed by atoms with Crippen LogP contribution in [0.15, 0.2) is 15.6 Å². The molecular weight excluding hydrogens is 260 g/mol. The van der Waals surface area contributed by atoms with Gasteiger partial charge in [0.05, 0.1) is 6.33 Å². The first-order valence-electron chi connectivity index (χ1n) is 4.90. The summed E-state index contributed by atoms with van der Waals surface area (Å²) in [5.41, 5.74) is 5.47. The number of nitrogens with one attached hydrogen (secondary N) is 1. The van der Waals surface area contributed by atoms with Crippen LogP contribution < -0.4 is 16.2 Å². The van der Waals surface area contributed by atoms with E-state index >= 15 is 0 Å². The lowest BCUT2D eigenvalue weighted by Crippen LogP contribution is -2.25. The van der Waals surface area contributed by atoms with Crippen LogP contribution in [-0.4, -0.2) is 29.6 Å². The summed E-state index contributed by atoms with van der Waals surface area (Å²) in [4.78, 5) is 20.1. The van der Waals surface area contributed by atoms with E-state index in [1.807, 2.05) is 0 Å². The Morgan fingerprint density at radius 3 is 3.20 bits per heavy atom. The van der Waals surface area contributed by atoms with Crippen LogP contribution in [0.5, 0.6) is 0 Å². The van der Waals surface area contributed by atoms with Crippen molar-refractivity contribution in [3.8, 4) is 0 Å². The molecule has 1 aromatic heterocycles. The lowest BCUT2D eigenvalue weighted by molar-refractivity contribution is 0.602. The molecule has 0 aromatic carbocycles. The molecule has 2 heterocycles. The summed E-state index contributed by atoms with van der Waals surface area (Å²) >= 11 is 3.25. The smallest absolute Gasteiger partial charge is 0.267 e. The average Bonchev–Trinajstić information content (AvgIpc) is 2.70. The third-order valence-corrected chi connectivity index (χ3v) is 3.41. The van der Waals surface area contributed by atoms with Crippen LogP contribution >= 0.6 is 15.9 Å². The molecular formula is C9H13BrN4O. The second-order valence-electron chi connectivity index (χ2n) is 3.71. The summed E-state index contributed by atoms with van der Waals surface area (Å²) in [5, 5.41) is 0. The van der Waals surface area contributed by atoms with E-state index in [9.17, 15) is 4.79 Å². The van der Waals surface area contributed by atoms with Gasteiger partial charge in [-0.25, -0.2) is 4.98 Å².